The highest BCUT2D eigenvalue weighted by Gasteiger charge is 2.72. The molecule has 6 aromatic rings. The zero-order chi connectivity index (χ0) is 51.7. The lowest BCUT2D eigenvalue weighted by Gasteiger charge is -2.50. The molecule has 0 saturated carbocycles. The van der Waals surface area contributed by atoms with Gasteiger partial charge in [-0.1, -0.05) is 12.1 Å². The second-order valence-corrected chi connectivity index (χ2v) is 16.0. The molecule has 0 spiro atoms. The molecule has 368 valence electrons. The molecule has 10 N–H and O–H groups in total. The fourth-order valence-corrected chi connectivity index (χ4v) is 8.25. The summed E-state index contributed by atoms with van der Waals surface area (Å²) in [6.07, 6.45) is 4.35. The normalized spacial score (nSPS) is 21.9. The summed E-state index contributed by atoms with van der Waals surface area (Å²) in [7, 11) is 2.66. The van der Waals surface area contributed by atoms with Gasteiger partial charge in [0.2, 0.25) is 0 Å². The Kier molecular flexibility index (Phi) is 11.2. The highest BCUT2D eigenvalue weighted by atomic mass is 16.8. The van der Waals surface area contributed by atoms with E-state index in [4.69, 9.17) is 48.1 Å². The molecule has 4 heterocycles. The Balaban J connectivity index is 0.000000178. The number of hydrogen-bond donors (Lipinski definition) is 10. The van der Waals surface area contributed by atoms with Crippen LogP contribution >= 0.6 is 0 Å². The zero-order valence-corrected chi connectivity index (χ0v) is 36.9. The van der Waals surface area contributed by atoms with E-state index in [0.717, 1.165) is 48.6 Å². The van der Waals surface area contributed by atoms with E-state index in [0.29, 0.717) is 11.1 Å². The SMILES string of the molecule is COc1ccc(C23Oc4cc(/C=C/C(=O)O)ccc4OC2(O)C(=O)c2c(O)cc(O)cc2O3)cc1O.COc1ccc(C23Oc4ccc(/C=C/C(=O)O)cc4OC2(O)C(=O)c2c(O)cc(O)cc2O3)cc1O. The van der Waals surface area contributed by atoms with Gasteiger partial charge in [0.25, 0.3) is 11.6 Å². The molecule has 0 amide bonds. The fraction of sp³-hybridized carbons (Fsp3) is 0.120. The maximum atomic E-state index is 13.6. The number of methoxy groups -OCH3 is 2. The molecule has 4 atom stereocenters. The number of aromatic hydroxyl groups is 6. The van der Waals surface area contributed by atoms with Gasteiger partial charge < -0.3 is 89.0 Å². The number of fused-ring (bicyclic) bond motifs is 6. The average Bonchev–Trinajstić information content (AvgIpc) is 3.32. The molecular weight excluding hydrogens is 953 g/mol. The monoisotopic (exact) mass is 988 g/mol. The predicted molar refractivity (Wildman–Crippen MR) is 241 cm³/mol. The standard InChI is InChI=1S/2C25H18O11/c1-33-17-6-4-13(9-15(17)27)25-24(32,23(31)22-16(28)10-14(26)11-20(22)36-25)34-19-8-12(3-7-21(29)30)2-5-18(19)35-25;1-33-17-6-4-13(9-15(17)27)25-24(32,23(31)22-16(28)10-14(26)11-20(22)36-25)34-18-5-2-12(3-7-21(29)30)8-19(18)35-25/h2*2-11,26-28,32H,1H3,(H,29,30)/b2*7-3+. The van der Waals surface area contributed by atoms with Crippen molar-refractivity contribution in [3.05, 3.63) is 143 Å². The van der Waals surface area contributed by atoms with E-state index in [1.165, 1.54) is 87.0 Å². The lowest BCUT2D eigenvalue weighted by atomic mass is 9.85. The van der Waals surface area contributed by atoms with Crippen LogP contribution in [0.2, 0.25) is 0 Å². The number of carbonyl (C=O) groups excluding carboxylic acids is 2. The van der Waals surface area contributed by atoms with Crippen LogP contribution in [0.5, 0.6) is 80.5 Å². The number of phenols is 6. The summed E-state index contributed by atoms with van der Waals surface area (Å²) in [4.78, 5) is 49.0. The third-order valence-electron chi connectivity index (χ3n) is 11.5. The lowest BCUT2D eigenvalue weighted by Crippen LogP contribution is -2.70. The fourth-order valence-electron chi connectivity index (χ4n) is 8.25. The first-order valence-electron chi connectivity index (χ1n) is 20.8. The van der Waals surface area contributed by atoms with Crippen molar-refractivity contribution >= 4 is 35.7 Å². The summed E-state index contributed by atoms with van der Waals surface area (Å²) in [5, 5.41) is 103. The molecule has 0 aromatic heterocycles. The van der Waals surface area contributed by atoms with Gasteiger partial charge >= 0.3 is 35.1 Å². The number of Topliss-reactive ketones (excluding diaryl/α,β-unsaturated/α-hetero) is 2. The van der Waals surface area contributed by atoms with Crippen molar-refractivity contribution in [3.63, 3.8) is 0 Å². The van der Waals surface area contributed by atoms with Crippen LogP contribution in [0.15, 0.2) is 109 Å². The summed E-state index contributed by atoms with van der Waals surface area (Å²) in [6, 6.07) is 20.0. The van der Waals surface area contributed by atoms with E-state index in [1.54, 1.807) is 0 Å². The number of carboxylic acid groups (broad SMARTS) is 2. The quantitative estimate of drug-likeness (QED) is 0.0897. The summed E-state index contributed by atoms with van der Waals surface area (Å²) < 4.78 is 45.7. The van der Waals surface area contributed by atoms with Gasteiger partial charge in [0.1, 0.15) is 45.6 Å². The first-order chi connectivity index (χ1) is 34.1. The van der Waals surface area contributed by atoms with Crippen LogP contribution in [-0.2, 0) is 21.2 Å². The number of hydrogen-bond acceptors (Lipinski definition) is 20. The maximum absolute atomic E-state index is 13.6. The van der Waals surface area contributed by atoms with E-state index < -0.39 is 80.8 Å². The van der Waals surface area contributed by atoms with Gasteiger partial charge in [-0.3, -0.25) is 9.59 Å². The van der Waals surface area contributed by atoms with E-state index >= 15 is 0 Å². The van der Waals surface area contributed by atoms with Gasteiger partial charge in [0.15, 0.2) is 46.0 Å². The van der Waals surface area contributed by atoms with Crippen molar-refractivity contribution in [2.75, 3.05) is 14.2 Å². The van der Waals surface area contributed by atoms with Gasteiger partial charge in [0, 0.05) is 47.5 Å². The molecule has 22 nitrogen and oxygen atoms in total. The summed E-state index contributed by atoms with van der Waals surface area (Å²) in [6.45, 7) is 0. The van der Waals surface area contributed by atoms with E-state index in [-0.39, 0.29) is 68.6 Å². The largest absolute Gasteiger partial charge is 0.508 e. The van der Waals surface area contributed by atoms with Crippen molar-refractivity contribution in [2.45, 2.75) is 23.1 Å². The Hall–Kier alpha value is -9.80. The summed E-state index contributed by atoms with van der Waals surface area (Å²) in [5.41, 5.74) is -0.340. The van der Waals surface area contributed by atoms with Crippen molar-refractivity contribution in [1.29, 1.82) is 0 Å². The molecule has 0 saturated heterocycles. The highest BCUT2D eigenvalue weighted by Crippen LogP contribution is 2.57. The van der Waals surface area contributed by atoms with Crippen molar-refractivity contribution in [2.24, 2.45) is 0 Å². The van der Waals surface area contributed by atoms with Crippen LogP contribution in [0.25, 0.3) is 12.2 Å². The van der Waals surface area contributed by atoms with Crippen molar-refractivity contribution in [3.8, 4) is 80.5 Å². The number of ether oxygens (including phenoxy) is 8. The Labute approximate surface area is 403 Å². The van der Waals surface area contributed by atoms with E-state index in [9.17, 15) is 60.0 Å². The minimum Gasteiger partial charge on any atom is -0.508 e. The number of ketones is 2. The van der Waals surface area contributed by atoms with Gasteiger partial charge in [0.05, 0.1) is 14.2 Å². The second-order valence-electron chi connectivity index (χ2n) is 16.0. The van der Waals surface area contributed by atoms with E-state index in [2.05, 4.69) is 0 Å². The molecule has 4 aliphatic heterocycles. The molecule has 22 heteroatoms. The topological polar surface area (TPSA) is 344 Å². The van der Waals surface area contributed by atoms with Crippen LogP contribution < -0.4 is 37.9 Å². The van der Waals surface area contributed by atoms with Gasteiger partial charge in [-0.25, -0.2) is 9.59 Å². The number of rotatable bonds is 8. The Morgan fingerprint density at radius 1 is 0.458 bits per heavy atom. The van der Waals surface area contributed by atoms with Gasteiger partial charge in [-0.05, 0) is 83.9 Å². The number of aliphatic hydroxyl groups is 2. The molecule has 10 rings (SSSR count). The average molecular weight is 989 g/mol. The third-order valence-corrected chi connectivity index (χ3v) is 11.5. The Morgan fingerprint density at radius 2 is 0.833 bits per heavy atom. The summed E-state index contributed by atoms with van der Waals surface area (Å²) in [5.74, 6) is -19.1. The molecule has 4 unspecified atom stereocenters. The number of phenolic OH excluding ortho intramolecular Hbond substituents is 6. The van der Waals surface area contributed by atoms with Crippen molar-refractivity contribution < 1.29 is 108 Å². The Morgan fingerprint density at radius 3 is 1.24 bits per heavy atom. The molecule has 6 aromatic carbocycles. The third kappa shape index (κ3) is 7.46. The van der Waals surface area contributed by atoms with Crippen LogP contribution in [-0.4, -0.2) is 100 Å². The van der Waals surface area contributed by atoms with E-state index in [1.807, 2.05) is 0 Å². The molecule has 0 radical (unpaired) electrons. The van der Waals surface area contributed by atoms with Gasteiger partial charge in [-0.15, -0.1) is 0 Å². The zero-order valence-electron chi connectivity index (χ0n) is 36.9. The van der Waals surface area contributed by atoms with Crippen LogP contribution in [0, 0.1) is 0 Å². The molecule has 0 fully saturated rings. The number of carbonyl (C=O) groups is 4. The van der Waals surface area contributed by atoms with Crippen LogP contribution in [0.3, 0.4) is 0 Å². The predicted octanol–water partition coefficient (Wildman–Crippen LogP) is 5.00. The smallest absolute Gasteiger partial charge is 0.357 e. The molecular formula is C50H36O22. The molecule has 72 heavy (non-hydrogen) atoms. The molecule has 4 aliphatic rings. The van der Waals surface area contributed by atoms with Crippen LogP contribution in [0.4, 0.5) is 0 Å². The number of aliphatic carboxylic acids is 2. The maximum Gasteiger partial charge on any atom is 0.357 e. The molecule has 0 bridgehead atoms. The highest BCUT2D eigenvalue weighted by molar-refractivity contribution is 6.09. The summed E-state index contributed by atoms with van der Waals surface area (Å²) >= 11 is 0. The Bertz CT molecular complexity index is 3360. The van der Waals surface area contributed by atoms with Crippen LogP contribution in [0.1, 0.15) is 43.0 Å². The van der Waals surface area contributed by atoms with Gasteiger partial charge in [-0.2, -0.15) is 0 Å². The lowest BCUT2D eigenvalue weighted by molar-refractivity contribution is -0.316. The minimum atomic E-state index is -2.95. The first-order valence-corrected chi connectivity index (χ1v) is 20.8. The van der Waals surface area contributed by atoms with Crippen molar-refractivity contribution in [1.82, 2.24) is 0 Å². The molecule has 0 aliphatic carbocycles. The second kappa shape index (κ2) is 17.0. The number of benzene rings is 6. The number of carboxylic acids is 2. The first kappa shape index (κ1) is 47.3. The minimum absolute atomic E-state index is 0.00285.